The molecule has 1 saturated carbocycles. The first-order chi connectivity index (χ1) is 14.5. The Kier molecular flexibility index (Phi) is 6.90. The van der Waals surface area contributed by atoms with Gasteiger partial charge in [0.05, 0.1) is 5.60 Å². The van der Waals surface area contributed by atoms with Crippen LogP contribution in [0.2, 0.25) is 0 Å². The third-order valence-corrected chi connectivity index (χ3v) is 4.91. The summed E-state index contributed by atoms with van der Waals surface area (Å²) in [4.78, 5) is 7.92. The molecule has 7 nitrogen and oxygen atoms in total. The number of aliphatic hydroxyl groups is 1. The Morgan fingerprint density at radius 3 is 2.35 bits per heavy atom. The third kappa shape index (κ3) is 6.96. The van der Waals surface area contributed by atoms with Gasteiger partial charge in [-0.2, -0.15) is 18.2 Å². The summed E-state index contributed by atoms with van der Waals surface area (Å²) in [6.45, 7) is 3.40. The Morgan fingerprint density at radius 1 is 1.13 bits per heavy atom. The molecule has 1 aromatic carbocycles. The normalized spacial score (nSPS) is 19.7. The minimum absolute atomic E-state index is 0.0492. The summed E-state index contributed by atoms with van der Waals surface area (Å²) in [5, 5.41) is 15.6. The van der Waals surface area contributed by atoms with E-state index >= 15 is 0 Å². The van der Waals surface area contributed by atoms with Crippen LogP contribution in [0.4, 0.5) is 30.6 Å². The maximum atomic E-state index is 13.4. The van der Waals surface area contributed by atoms with Gasteiger partial charge in [0.2, 0.25) is 5.95 Å². The zero-order valence-corrected chi connectivity index (χ0v) is 17.5. The number of rotatable bonds is 7. The van der Waals surface area contributed by atoms with E-state index in [-0.39, 0.29) is 30.5 Å². The van der Waals surface area contributed by atoms with Crippen LogP contribution in [0.15, 0.2) is 30.5 Å². The number of halogens is 3. The van der Waals surface area contributed by atoms with Crippen LogP contribution < -0.4 is 21.1 Å². The van der Waals surface area contributed by atoms with Crippen LogP contribution in [0.25, 0.3) is 0 Å². The molecule has 0 radical (unpaired) electrons. The monoisotopic (exact) mass is 439 g/mol. The molecule has 3 rings (SSSR count). The second-order valence-corrected chi connectivity index (χ2v) is 8.46. The fourth-order valence-electron chi connectivity index (χ4n) is 3.24. The molecular formula is C21H28F3N5O2. The van der Waals surface area contributed by atoms with Crippen molar-refractivity contribution in [1.29, 1.82) is 0 Å². The summed E-state index contributed by atoms with van der Waals surface area (Å²) in [7, 11) is 0. The Balaban J connectivity index is 1.72. The molecular weight excluding hydrogens is 411 g/mol. The summed E-state index contributed by atoms with van der Waals surface area (Å²) in [6, 6.07) is 6.73. The van der Waals surface area contributed by atoms with Crippen LogP contribution in [0.1, 0.15) is 45.1 Å². The molecule has 1 aromatic heterocycles. The van der Waals surface area contributed by atoms with Crippen LogP contribution in [-0.4, -0.2) is 39.4 Å². The minimum atomic E-state index is -4.56. The van der Waals surface area contributed by atoms with E-state index in [1.807, 2.05) is 0 Å². The minimum Gasteiger partial charge on any atom is -0.491 e. The number of nitrogens with one attached hydrogen (secondary N) is 2. The Morgan fingerprint density at radius 2 is 1.77 bits per heavy atom. The highest BCUT2D eigenvalue weighted by molar-refractivity contribution is 5.57. The molecule has 0 saturated heterocycles. The van der Waals surface area contributed by atoms with Crippen LogP contribution in [0.3, 0.4) is 0 Å². The van der Waals surface area contributed by atoms with Crippen LogP contribution in [0.5, 0.6) is 5.75 Å². The average molecular weight is 439 g/mol. The standard InChI is InChI=1S/C21H28F3N5O2/c1-20(2,30)12-31-16-9-7-15(8-10-16)28-19-26-11-17(21(22,23)24)18(29-19)27-14-5-3-13(25)4-6-14/h7-11,13-14,30H,3-6,12,25H2,1-2H3,(H2,26,27,28,29). The van der Waals surface area contributed by atoms with Gasteiger partial charge in [-0.15, -0.1) is 0 Å². The van der Waals surface area contributed by atoms with Gasteiger partial charge in [0, 0.05) is 24.0 Å². The molecule has 0 amide bonds. The van der Waals surface area contributed by atoms with Gasteiger partial charge in [-0.25, -0.2) is 4.98 Å². The smallest absolute Gasteiger partial charge is 0.421 e. The number of nitrogens with zero attached hydrogens (tertiary/aromatic N) is 2. The number of hydrogen-bond donors (Lipinski definition) is 4. The third-order valence-electron chi connectivity index (χ3n) is 4.91. The van der Waals surface area contributed by atoms with Gasteiger partial charge in [-0.1, -0.05) is 0 Å². The van der Waals surface area contributed by atoms with Gasteiger partial charge in [0.1, 0.15) is 23.7 Å². The number of hydrogen-bond acceptors (Lipinski definition) is 7. The highest BCUT2D eigenvalue weighted by atomic mass is 19.4. The lowest BCUT2D eigenvalue weighted by Gasteiger charge is -2.28. The Bertz CT molecular complexity index is 861. The van der Waals surface area contributed by atoms with Crippen molar-refractivity contribution in [3.05, 3.63) is 36.0 Å². The molecule has 0 aliphatic heterocycles. The molecule has 0 bridgehead atoms. The SMILES string of the molecule is CC(C)(O)COc1ccc(Nc2ncc(C(F)(F)F)c(NC3CCC(N)CC3)n2)cc1. The quantitative estimate of drug-likeness (QED) is 0.515. The lowest BCUT2D eigenvalue weighted by molar-refractivity contribution is -0.137. The fourth-order valence-corrected chi connectivity index (χ4v) is 3.24. The average Bonchev–Trinajstić information content (AvgIpc) is 2.68. The molecule has 1 fully saturated rings. The second-order valence-electron chi connectivity index (χ2n) is 8.46. The van der Waals surface area contributed by atoms with Gasteiger partial charge < -0.3 is 26.2 Å². The van der Waals surface area contributed by atoms with Crippen LogP contribution in [-0.2, 0) is 6.18 Å². The largest absolute Gasteiger partial charge is 0.491 e. The van der Waals surface area contributed by atoms with Gasteiger partial charge in [0.15, 0.2) is 0 Å². The molecule has 2 aromatic rings. The van der Waals surface area contributed by atoms with Crippen molar-refractivity contribution in [2.45, 2.75) is 63.4 Å². The molecule has 1 aliphatic carbocycles. The van der Waals surface area contributed by atoms with Gasteiger partial charge in [-0.3, -0.25) is 0 Å². The van der Waals surface area contributed by atoms with E-state index in [9.17, 15) is 18.3 Å². The molecule has 1 aliphatic rings. The number of benzene rings is 1. The van der Waals surface area contributed by atoms with Crippen molar-refractivity contribution in [3.8, 4) is 5.75 Å². The van der Waals surface area contributed by atoms with E-state index in [0.29, 0.717) is 24.3 Å². The summed E-state index contributed by atoms with van der Waals surface area (Å²) >= 11 is 0. The lowest BCUT2D eigenvalue weighted by Crippen LogP contribution is -2.33. The predicted octanol–water partition coefficient (Wildman–Crippen LogP) is 4.07. The Hall–Kier alpha value is -2.59. The van der Waals surface area contributed by atoms with E-state index in [0.717, 1.165) is 19.0 Å². The molecule has 5 N–H and O–H groups in total. The van der Waals surface area contributed by atoms with Gasteiger partial charge >= 0.3 is 6.18 Å². The van der Waals surface area contributed by atoms with Crippen molar-refractivity contribution < 1.29 is 23.0 Å². The zero-order chi connectivity index (χ0) is 22.6. The molecule has 31 heavy (non-hydrogen) atoms. The van der Waals surface area contributed by atoms with E-state index in [2.05, 4.69) is 20.6 Å². The molecule has 0 atom stereocenters. The summed E-state index contributed by atoms with van der Waals surface area (Å²) in [6.07, 6.45) is -0.874. The van der Waals surface area contributed by atoms with Crippen LogP contribution >= 0.6 is 0 Å². The number of alkyl halides is 3. The topological polar surface area (TPSA) is 105 Å². The molecule has 170 valence electrons. The highest BCUT2D eigenvalue weighted by Crippen LogP contribution is 2.35. The number of ether oxygens (including phenoxy) is 1. The number of nitrogens with two attached hydrogens (primary N) is 1. The molecule has 0 spiro atoms. The summed E-state index contributed by atoms with van der Waals surface area (Å²) < 4.78 is 45.8. The Labute approximate surface area is 179 Å². The number of aromatic nitrogens is 2. The molecule has 1 heterocycles. The van der Waals surface area contributed by atoms with E-state index in [1.54, 1.807) is 38.1 Å². The van der Waals surface area contributed by atoms with Gasteiger partial charge in [-0.05, 0) is 63.8 Å². The van der Waals surface area contributed by atoms with E-state index < -0.39 is 17.3 Å². The van der Waals surface area contributed by atoms with Crippen LogP contribution in [0, 0.1) is 0 Å². The highest BCUT2D eigenvalue weighted by Gasteiger charge is 2.36. The van der Waals surface area contributed by atoms with Crippen molar-refractivity contribution in [2.24, 2.45) is 5.73 Å². The lowest BCUT2D eigenvalue weighted by atomic mass is 9.92. The van der Waals surface area contributed by atoms with Gasteiger partial charge in [0.25, 0.3) is 0 Å². The summed E-state index contributed by atoms with van der Waals surface area (Å²) in [5.74, 6) is 0.364. The second kappa shape index (κ2) is 9.27. The maximum absolute atomic E-state index is 13.4. The summed E-state index contributed by atoms with van der Waals surface area (Å²) in [5.41, 5.74) is 4.61. The predicted molar refractivity (Wildman–Crippen MR) is 112 cm³/mol. The van der Waals surface area contributed by atoms with E-state index in [1.165, 1.54) is 0 Å². The first-order valence-corrected chi connectivity index (χ1v) is 10.2. The number of anilines is 3. The van der Waals surface area contributed by atoms with E-state index in [4.69, 9.17) is 10.5 Å². The van der Waals surface area contributed by atoms with Crippen molar-refractivity contribution in [1.82, 2.24) is 9.97 Å². The van der Waals surface area contributed by atoms with Crippen molar-refractivity contribution >= 4 is 17.5 Å². The first kappa shape index (κ1) is 23.1. The molecule has 10 heteroatoms. The van der Waals surface area contributed by atoms with Crippen molar-refractivity contribution in [2.75, 3.05) is 17.2 Å². The van der Waals surface area contributed by atoms with Crippen molar-refractivity contribution in [3.63, 3.8) is 0 Å². The fraction of sp³-hybridized carbons (Fsp3) is 0.524. The molecule has 0 unspecified atom stereocenters. The maximum Gasteiger partial charge on any atom is 0.421 e. The zero-order valence-electron chi connectivity index (χ0n) is 17.5. The first-order valence-electron chi connectivity index (χ1n) is 10.2.